The van der Waals surface area contributed by atoms with Gasteiger partial charge in [0.2, 0.25) is 0 Å². The zero-order valence-electron chi connectivity index (χ0n) is 15.1. The smallest absolute Gasteiger partial charge is 0.408 e. The number of ether oxygens (including phenoxy) is 2. The van der Waals surface area contributed by atoms with Gasteiger partial charge in [0.05, 0.1) is 0 Å². The number of rotatable bonds is 7. The third-order valence-electron chi connectivity index (χ3n) is 4.17. The number of nitriles is 1. The standard InChI is InChI=1S/C21H19N3O4/c22-10-11-27-20(25)19(12-16-13-23-18-9-5-4-8-17(16)18)24-21(26)28-14-15-6-2-1-3-7-15/h1-9,13,19,23H,11-12,14H2,(H,24,26)/t19-/m0/s1. The number of amides is 1. The highest BCUT2D eigenvalue weighted by atomic mass is 16.6. The summed E-state index contributed by atoms with van der Waals surface area (Å²) in [6, 6.07) is 17.6. The molecule has 0 fully saturated rings. The Labute approximate surface area is 161 Å². The summed E-state index contributed by atoms with van der Waals surface area (Å²) in [5, 5.41) is 12.1. The monoisotopic (exact) mass is 377 g/mol. The molecule has 0 aliphatic carbocycles. The molecule has 0 bridgehead atoms. The van der Waals surface area contributed by atoms with Crippen LogP contribution in [0.2, 0.25) is 0 Å². The van der Waals surface area contributed by atoms with Gasteiger partial charge in [-0.2, -0.15) is 5.26 Å². The van der Waals surface area contributed by atoms with E-state index in [0.717, 1.165) is 22.0 Å². The van der Waals surface area contributed by atoms with E-state index in [1.807, 2.05) is 54.6 Å². The van der Waals surface area contributed by atoms with Crippen LogP contribution in [0.5, 0.6) is 0 Å². The first-order chi connectivity index (χ1) is 13.7. The molecule has 0 unspecified atom stereocenters. The van der Waals surface area contributed by atoms with Crippen LogP contribution in [0.15, 0.2) is 60.8 Å². The molecule has 0 saturated carbocycles. The van der Waals surface area contributed by atoms with Gasteiger partial charge in [-0.15, -0.1) is 0 Å². The van der Waals surface area contributed by atoms with Crippen molar-refractivity contribution in [2.24, 2.45) is 0 Å². The molecule has 1 heterocycles. The first-order valence-electron chi connectivity index (χ1n) is 8.73. The molecule has 28 heavy (non-hydrogen) atoms. The van der Waals surface area contributed by atoms with Gasteiger partial charge in [0.15, 0.2) is 6.61 Å². The number of hydrogen-bond acceptors (Lipinski definition) is 5. The molecule has 2 N–H and O–H groups in total. The summed E-state index contributed by atoms with van der Waals surface area (Å²) >= 11 is 0. The lowest BCUT2D eigenvalue weighted by molar-refractivity contribution is -0.144. The van der Waals surface area contributed by atoms with E-state index >= 15 is 0 Å². The van der Waals surface area contributed by atoms with E-state index in [4.69, 9.17) is 14.7 Å². The average molecular weight is 377 g/mol. The lowest BCUT2D eigenvalue weighted by atomic mass is 10.1. The molecule has 7 heteroatoms. The van der Waals surface area contributed by atoms with E-state index in [9.17, 15) is 9.59 Å². The van der Waals surface area contributed by atoms with Crippen molar-refractivity contribution in [3.63, 3.8) is 0 Å². The lowest BCUT2D eigenvalue weighted by Crippen LogP contribution is -2.43. The van der Waals surface area contributed by atoms with Crippen molar-refractivity contribution < 1.29 is 19.1 Å². The lowest BCUT2D eigenvalue weighted by Gasteiger charge is -2.16. The maximum atomic E-state index is 12.3. The minimum absolute atomic E-state index is 0.0831. The highest BCUT2D eigenvalue weighted by molar-refractivity contribution is 5.86. The number of fused-ring (bicyclic) bond motifs is 1. The van der Waals surface area contributed by atoms with E-state index in [1.165, 1.54) is 0 Å². The number of H-pyrrole nitrogens is 1. The number of carbonyl (C=O) groups is 2. The van der Waals surface area contributed by atoms with Crippen LogP contribution >= 0.6 is 0 Å². The van der Waals surface area contributed by atoms with Gasteiger partial charge >= 0.3 is 12.1 Å². The van der Waals surface area contributed by atoms with Gasteiger partial charge < -0.3 is 19.8 Å². The quantitative estimate of drug-likeness (QED) is 0.616. The Bertz CT molecular complexity index is 992. The Kier molecular flexibility index (Phi) is 6.26. The number of esters is 1. The molecule has 0 saturated heterocycles. The van der Waals surface area contributed by atoms with Gasteiger partial charge in [-0.1, -0.05) is 48.5 Å². The summed E-state index contributed by atoms with van der Waals surface area (Å²) < 4.78 is 10.1. The predicted molar refractivity (Wildman–Crippen MR) is 102 cm³/mol. The van der Waals surface area contributed by atoms with E-state index in [2.05, 4.69) is 10.3 Å². The number of hydrogen-bond donors (Lipinski definition) is 2. The number of nitrogens with one attached hydrogen (secondary N) is 2. The third kappa shape index (κ3) is 4.89. The van der Waals surface area contributed by atoms with Gasteiger partial charge in [-0.05, 0) is 17.2 Å². The second-order valence-electron chi connectivity index (χ2n) is 6.09. The Hall–Kier alpha value is -3.79. The average Bonchev–Trinajstić information content (AvgIpc) is 3.13. The molecule has 1 amide bonds. The summed E-state index contributed by atoms with van der Waals surface area (Å²) in [6.45, 7) is -0.302. The predicted octanol–water partition coefficient (Wildman–Crippen LogP) is 3.07. The van der Waals surface area contributed by atoms with Crippen LogP contribution in [0.4, 0.5) is 4.79 Å². The molecule has 7 nitrogen and oxygen atoms in total. The molecule has 3 aromatic rings. The van der Waals surface area contributed by atoms with E-state index in [-0.39, 0.29) is 19.6 Å². The number of nitrogens with zero attached hydrogens (tertiary/aromatic N) is 1. The molecule has 0 aliphatic heterocycles. The van der Waals surface area contributed by atoms with Gasteiger partial charge in [-0.3, -0.25) is 0 Å². The molecule has 142 valence electrons. The highest BCUT2D eigenvalue weighted by Crippen LogP contribution is 2.19. The van der Waals surface area contributed by atoms with Crippen molar-refractivity contribution >= 4 is 23.0 Å². The molecular weight excluding hydrogens is 358 g/mol. The minimum atomic E-state index is -0.976. The van der Waals surface area contributed by atoms with Crippen molar-refractivity contribution in [3.8, 4) is 6.07 Å². The summed E-state index contributed by atoms with van der Waals surface area (Å²) in [6.07, 6.45) is 1.25. The van der Waals surface area contributed by atoms with Crippen LogP contribution in [0, 0.1) is 11.3 Å². The van der Waals surface area contributed by atoms with Gasteiger partial charge in [-0.25, -0.2) is 9.59 Å². The minimum Gasteiger partial charge on any atom is -0.449 e. The topological polar surface area (TPSA) is 104 Å². The Morgan fingerprint density at radius 2 is 1.82 bits per heavy atom. The Morgan fingerprint density at radius 3 is 2.61 bits per heavy atom. The molecule has 0 radical (unpaired) electrons. The van der Waals surface area contributed by atoms with Crippen molar-refractivity contribution in [1.29, 1.82) is 5.26 Å². The third-order valence-corrected chi connectivity index (χ3v) is 4.17. The van der Waals surface area contributed by atoms with Crippen molar-refractivity contribution in [2.45, 2.75) is 19.1 Å². The largest absolute Gasteiger partial charge is 0.449 e. The van der Waals surface area contributed by atoms with Crippen LogP contribution in [-0.2, 0) is 27.3 Å². The van der Waals surface area contributed by atoms with Crippen LogP contribution in [0.1, 0.15) is 11.1 Å². The maximum Gasteiger partial charge on any atom is 0.408 e. The zero-order chi connectivity index (χ0) is 19.8. The van der Waals surface area contributed by atoms with Crippen LogP contribution in [-0.4, -0.2) is 29.7 Å². The van der Waals surface area contributed by atoms with Crippen molar-refractivity contribution in [1.82, 2.24) is 10.3 Å². The van der Waals surface area contributed by atoms with Crippen LogP contribution in [0.25, 0.3) is 10.9 Å². The van der Waals surface area contributed by atoms with Crippen LogP contribution in [0.3, 0.4) is 0 Å². The van der Waals surface area contributed by atoms with Crippen molar-refractivity contribution in [2.75, 3.05) is 6.61 Å². The summed E-state index contributed by atoms with van der Waals surface area (Å²) in [4.78, 5) is 27.6. The molecular formula is C21H19N3O4. The number of aromatic amines is 1. The van der Waals surface area contributed by atoms with Gasteiger partial charge in [0.25, 0.3) is 0 Å². The van der Waals surface area contributed by atoms with E-state index in [0.29, 0.717) is 0 Å². The number of carbonyl (C=O) groups excluding carboxylic acids is 2. The molecule has 3 rings (SSSR count). The zero-order valence-corrected chi connectivity index (χ0v) is 15.1. The fourth-order valence-electron chi connectivity index (χ4n) is 2.82. The summed E-state index contributed by atoms with van der Waals surface area (Å²) in [5.41, 5.74) is 2.60. The Balaban J connectivity index is 1.68. The van der Waals surface area contributed by atoms with Crippen molar-refractivity contribution in [3.05, 3.63) is 71.9 Å². The SMILES string of the molecule is N#CCOC(=O)[C@H](Cc1c[nH]c2ccccc12)NC(=O)OCc1ccccc1. The van der Waals surface area contributed by atoms with Gasteiger partial charge in [0, 0.05) is 23.5 Å². The second kappa shape index (κ2) is 9.24. The summed E-state index contributed by atoms with van der Waals surface area (Å²) in [7, 11) is 0. The first-order valence-corrected chi connectivity index (χ1v) is 8.73. The molecule has 1 aromatic heterocycles. The highest BCUT2D eigenvalue weighted by Gasteiger charge is 2.24. The fraction of sp³-hybridized carbons (Fsp3) is 0.190. The molecule has 0 aliphatic rings. The molecule has 1 atom stereocenters. The fourth-order valence-corrected chi connectivity index (χ4v) is 2.82. The number of para-hydroxylation sites is 1. The number of alkyl carbamates (subject to hydrolysis) is 1. The number of benzene rings is 2. The first kappa shape index (κ1) is 19.0. The van der Waals surface area contributed by atoms with Crippen LogP contribution < -0.4 is 5.32 Å². The second-order valence-corrected chi connectivity index (χ2v) is 6.09. The maximum absolute atomic E-state index is 12.3. The van der Waals surface area contributed by atoms with E-state index < -0.39 is 18.1 Å². The Morgan fingerprint density at radius 1 is 1.07 bits per heavy atom. The molecule has 0 spiro atoms. The van der Waals surface area contributed by atoms with E-state index in [1.54, 1.807) is 12.3 Å². The van der Waals surface area contributed by atoms with Gasteiger partial charge in [0.1, 0.15) is 18.7 Å². The number of aromatic nitrogens is 1. The normalized spacial score (nSPS) is 11.4. The summed E-state index contributed by atoms with van der Waals surface area (Å²) in [5.74, 6) is -0.691. The molecule has 2 aromatic carbocycles.